The van der Waals surface area contributed by atoms with Gasteiger partial charge >= 0.3 is 6.09 Å². The molecule has 0 fully saturated rings. The van der Waals surface area contributed by atoms with Gasteiger partial charge in [0, 0.05) is 5.56 Å². The molecule has 2 aromatic carbocycles. The highest BCUT2D eigenvalue weighted by molar-refractivity contribution is 6.21. The Balaban J connectivity index is 2.17. The number of rotatable bonds is 1. The second kappa shape index (κ2) is 5.70. The standard InChI is InChI=1S/C20H21NO4/c1-13-10-11-16-15(12-13)20(24,14-8-6-5-7-9-14)17(22)21(16)18(23)25-19(2,3)4/h5-12,24H,1-4H3/t20-/m0/s1. The Bertz CT molecular complexity index is 839. The van der Waals surface area contributed by atoms with E-state index in [4.69, 9.17) is 4.74 Å². The van der Waals surface area contributed by atoms with Crippen LogP contribution in [0.5, 0.6) is 0 Å². The van der Waals surface area contributed by atoms with E-state index in [9.17, 15) is 14.7 Å². The summed E-state index contributed by atoms with van der Waals surface area (Å²) in [6, 6.07) is 13.8. The number of amides is 2. The Morgan fingerprint density at radius 1 is 1.12 bits per heavy atom. The molecule has 0 unspecified atom stereocenters. The van der Waals surface area contributed by atoms with Gasteiger partial charge in [0.15, 0.2) is 5.60 Å². The Hall–Kier alpha value is -2.66. The zero-order valence-electron chi connectivity index (χ0n) is 14.7. The molecule has 0 aromatic heterocycles. The predicted molar refractivity (Wildman–Crippen MR) is 94.3 cm³/mol. The quantitative estimate of drug-likeness (QED) is 0.863. The van der Waals surface area contributed by atoms with Gasteiger partial charge in [-0.2, -0.15) is 0 Å². The van der Waals surface area contributed by atoms with Crippen LogP contribution in [0, 0.1) is 6.92 Å². The number of fused-ring (bicyclic) bond motifs is 1. The summed E-state index contributed by atoms with van der Waals surface area (Å²) in [6.45, 7) is 7.05. The Morgan fingerprint density at radius 3 is 2.36 bits per heavy atom. The van der Waals surface area contributed by atoms with E-state index in [-0.39, 0.29) is 0 Å². The summed E-state index contributed by atoms with van der Waals surface area (Å²) in [7, 11) is 0. The molecule has 0 aliphatic carbocycles. The van der Waals surface area contributed by atoms with Gasteiger partial charge in [0.2, 0.25) is 0 Å². The second-order valence-electron chi connectivity index (χ2n) is 7.22. The zero-order valence-corrected chi connectivity index (χ0v) is 14.7. The van der Waals surface area contributed by atoms with Crippen molar-refractivity contribution >= 4 is 17.7 Å². The number of carbonyl (C=O) groups is 2. The molecule has 2 aromatic rings. The molecular formula is C20H21NO4. The first-order valence-corrected chi connectivity index (χ1v) is 8.11. The first-order valence-electron chi connectivity index (χ1n) is 8.11. The Kier molecular flexibility index (Phi) is 3.92. The number of hydrogen-bond donors (Lipinski definition) is 1. The van der Waals surface area contributed by atoms with Crippen molar-refractivity contribution in [3.05, 3.63) is 65.2 Å². The molecule has 2 amide bonds. The van der Waals surface area contributed by atoms with E-state index in [1.54, 1.807) is 69.3 Å². The number of anilines is 1. The fourth-order valence-corrected chi connectivity index (χ4v) is 2.97. The molecule has 1 aliphatic rings. The van der Waals surface area contributed by atoms with Crippen molar-refractivity contribution in [2.24, 2.45) is 0 Å². The molecule has 130 valence electrons. The van der Waals surface area contributed by atoms with E-state index < -0.39 is 23.2 Å². The smallest absolute Gasteiger partial charge is 0.421 e. The SMILES string of the molecule is Cc1ccc2c(c1)[C@@](O)(c1ccccc1)C(=O)N2C(=O)OC(C)(C)C. The summed E-state index contributed by atoms with van der Waals surface area (Å²) in [5, 5.41) is 11.3. The van der Waals surface area contributed by atoms with Crippen molar-refractivity contribution in [2.75, 3.05) is 4.90 Å². The normalized spacial score (nSPS) is 19.7. The summed E-state index contributed by atoms with van der Waals surface area (Å²) in [6.07, 6.45) is -0.797. The molecule has 5 heteroatoms. The molecule has 0 spiro atoms. The third kappa shape index (κ3) is 2.81. The highest BCUT2D eigenvalue weighted by atomic mass is 16.6. The van der Waals surface area contributed by atoms with Crippen LogP contribution in [0.1, 0.15) is 37.5 Å². The van der Waals surface area contributed by atoms with Crippen molar-refractivity contribution in [1.82, 2.24) is 0 Å². The molecule has 1 aliphatic heterocycles. The molecule has 0 bridgehead atoms. The van der Waals surface area contributed by atoms with E-state index in [1.807, 2.05) is 6.92 Å². The van der Waals surface area contributed by atoms with E-state index in [2.05, 4.69) is 0 Å². The van der Waals surface area contributed by atoms with Crippen LogP contribution in [-0.2, 0) is 15.1 Å². The number of carbonyl (C=O) groups excluding carboxylic acids is 2. The molecule has 1 N–H and O–H groups in total. The Morgan fingerprint density at radius 2 is 1.76 bits per heavy atom. The number of aliphatic hydroxyl groups is 1. The molecule has 0 saturated heterocycles. The van der Waals surface area contributed by atoms with E-state index in [0.717, 1.165) is 10.5 Å². The van der Waals surface area contributed by atoms with Gasteiger partial charge < -0.3 is 9.84 Å². The van der Waals surface area contributed by atoms with Crippen LogP contribution in [0.15, 0.2) is 48.5 Å². The molecular weight excluding hydrogens is 318 g/mol. The zero-order chi connectivity index (χ0) is 18.4. The largest absolute Gasteiger partial charge is 0.443 e. The van der Waals surface area contributed by atoms with Gasteiger partial charge in [-0.1, -0.05) is 48.0 Å². The lowest BCUT2D eigenvalue weighted by Crippen LogP contribution is -2.45. The van der Waals surface area contributed by atoms with Gasteiger partial charge in [-0.15, -0.1) is 0 Å². The van der Waals surface area contributed by atoms with Gasteiger partial charge in [0.25, 0.3) is 5.91 Å². The molecule has 1 heterocycles. The van der Waals surface area contributed by atoms with Crippen LogP contribution in [-0.4, -0.2) is 22.7 Å². The number of benzene rings is 2. The van der Waals surface area contributed by atoms with Crippen molar-refractivity contribution in [3.8, 4) is 0 Å². The molecule has 5 nitrogen and oxygen atoms in total. The summed E-state index contributed by atoms with van der Waals surface area (Å²) in [5.41, 5.74) is -0.648. The predicted octanol–water partition coefficient (Wildman–Crippen LogP) is 3.51. The molecule has 1 atom stereocenters. The molecule has 3 rings (SSSR count). The lowest BCUT2D eigenvalue weighted by Gasteiger charge is -2.25. The maximum Gasteiger partial charge on any atom is 0.421 e. The highest BCUT2D eigenvalue weighted by Crippen LogP contribution is 2.45. The van der Waals surface area contributed by atoms with Crippen molar-refractivity contribution in [2.45, 2.75) is 38.9 Å². The first kappa shape index (κ1) is 17.2. The lowest BCUT2D eigenvalue weighted by atomic mass is 9.87. The Labute approximate surface area is 146 Å². The van der Waals surface area contributed by atoms with Crippen molar-refractivity contribution < 1.29 is 19.4 Å². The van der Waals surface area contributed by atoms with Crippen LogP contribution >= 0.6 is 0 Å². The van der Waals surface area contributed by atoms with Crippen molar-refractivity contribution in [1.29, 1.82) is 0 Å². The number of nitrogens with zero attached hydrogens (tertiary/aromatic N) is 1. The van der Waals surface area contributed by atoms with E-state index in [0.29, 0.717) is 16.8 Å². The molecule has 0 saturated carbocycles. The monoisotopic (exact) mass is 339 g/mol. The minimum absolute atomic E-state index is 0.344. The average molecular weight is 339 g/mol. The second-order valence-corrected chi connectivity index (χ2v) is 7.22. The van der Waals surface area contributed by atoms with Gasteiger partial charge in [0.05, 0.1) is 5.69 Å². The average Bonchev–Trinajstić information content (AvgIpc) is 2.76. The topological polar surface area (TPSA) is 66.8 Å². The third-order valence-corrected chi connectivity index (χ3v) is 4.06. The lowest BCUT2D eigenvalue weighted by molar-refractivity contribution is -0.131. The van der Waals surface area contributed by atoms with Crippen LogP contribution in [0.4, 0.5) is 10.5 Å². The maximum absolute atomic E-state index is 13.1. The van der Waals surface area contributed by atoms with Crippen LogP contribution in [0.25, 0.3) is 0 Å². The van der Waals surface area contributed by atoms with Gasteiger partial charge in [0.1, 0.15) is 5.60 Å². The van der Waals surface area contributed by atoms with Gasteiger partial charge in [-0.05, 0) is 39.3 Å². The van der Waals surface area contributed by atoms with Crippen LogP contribution < -0.4 is 4.90 Å². The number of hydrogen-bond acceptors (Lipinski definition) is 4. The van der Waals surface area contributed by atoms with Gasteiger partial charge in [-0.3, -0.25) is 4.79 Å². The number of ether oxygens (including phenoxy) is 1. The minimum atomic E-state index is -1.92. The molecule has 0 radical (unpaired) electrons. The van der Waals surface area contributed by atoms with Gasteiger partial charge in [-0.25, -0.2) is 9.69 Å². The van der Waals surface area contributed by atoms with E-state index >= 15 is 0 Å². The fraction of sp³-hybridized carbons (Fsp3) is 0.300. The fourth-order valence-electron chi connectivity index (χ4n) is 2.97. The third-order valence-electron chi connectivity index (χ3n) is 4.06. The number of aryl methyl sites for hydroxylation is 1. The minimum Gasteiger partial charge on any atom is -0.443 e. The summed E-state index contributed by atoms with van der Waals surface area (Å²) < 4.78 is 5.36. The summed E-state index contributed by atoms with van der Waals surface area (Å²) in [4.78, 5) is 26.6. The van der Waals surface area contributed by atoms with Crippen LogP contribution in [0.3, 0.4) is 0 Å². The van der Waals surface area contributed by atoms with Crippen molar-refractivity contribution in [3.63, 3.8) is 0 Å². The highest BCUT2D eigenvalue weighted by Gasteiger charge is 2.54. The summed E-state index contributed by atoms with van der Waals surface area (Å²) >= 11 is 0. The first-order chi connectivity index (χ1) is 11.6. The van der Waals surface area contributed by atoms with Crippen LogP contribution in [0.2, 0.25) is 0 Å². The number of imide groups is 1. The molecule has 25 heavy (non-hydrogen) atoms. The van der Waals surface area contributed by atoms with E-state index in [1.165, 1.54) is 0 Å². The maximum atomic E-state index is 13.1. The summed E-state index contributed by atoms with van der Waals surface area (Å²) in [5.74, 6) is -0.728.